The van der Waals surface area contributed by atoms with Gasteiger partial charge in [-0.05, 0) is 62.2 Å². The maximum Gasteiger partial charge on any atom is 0.421 e. The Labute approximate surface area is 127 Å². The third-order valence-electron chi connectivity index (χ3n) is 3.20. The van der Waals surface area contributed by atoms with Crippen LogP contribution < -0.4 is 4.90 Å². The van der Waals surface area contributed by atoms with Crippen molar-refractivity contribution in [3.05, 3.63) is 28.2 Å². The molecule has 1 aliphatic rings. The third kappa shape index (κ3) is 2.35. The summed E-state index contributed by atoms with van der Waals surface area (Å²) in [5, 5.41) is 0. The van der Waals surface area contributed by atoms with E-state index in [1.807, 2.05) is 32.0 Å². The van der Waals surface area contributed by atoms with Crippen molar-refractivity contribution in [3.63, 3.8) is 0 Å². The summed E-state index contributed by atoms with van der Waals surface area (Å²) in [4.78, 5) is 26.0. The van der Waals surface area contributed by atoms with Crippen LogP contribution in [0, 0.1) is 0 Å². The van der Waals surface area contributed by atoms with Crippen LogP contribution in [0.3, 0.4) is 0 Å². The Morgan fingerprint density at radius 1 is 1.30 bits per heavy atom. The van der Waals surface area contributed by atoms with Gasteiger partial charge in [0, 0.05) is 4.47 Å². The third-order valence-corrected chi connectivity index (χ3v) is 3.84. The smallest absolute Gasteiger partial charge is 0.421 e. The Morgan fingerprint density at radius 3 is 2.45 bits per heavy atom. The van der Waals surface area contributed by atoms with Crippen LogP contribution in [0.5, 0.6) is 0 Å². The summed E-state index contributed by atoms with van der Waals surface area (Å²) in [6.07, 6.45) is -0.638. The van der Waals surface area contributed by atoms with Crippen molar-refractivity contribution in [3.8, 4) is 0 Å². The van der Waals surface area contributed by atoms with E-state index in [9.17, 15) is 9.59 Å². The molecule has 0 aliphatic carbocycles. The van der Waals surface area contributed by atoms with Gasteiger partial charge < -0.3 is 4.74 Å². The standard InChI is InChI=1S/C15H18BrNO3/c1-14(2,3)20-13(19)17-11-9(7-6-8-10(11)16)15(4,5)12(17)18/h6-8H,1-5H3. The minimum Gasteiger partial charge on any atom is -0.443 e. The van der Waals surface area contributed by atoms with E-state index in [0.29, 0.717) is 10.2 Å². The van der Waals surface area contributed by atoms with Gasteiger partial charge in [-0.3, -0.25) is 4.79 Å². The molecule has 1 aliphatic heterocycles. The zero-order valence-electron chi connectivity index (χ0n) is 12.3. The highest BCUT2D eigenvalue weighted by Crippen LogP contribution is 2.45. The molecule has 0 saturated carbocycles. The topological polar surface area (TPSA) is 46.6 Å². The van der Waals surface area contributed by atoms with Crippen molar-refractivity contribution in [1.82, 2.24) is 0 Å². The number of ether oxygens (including phenoxy) is 1. The number of benzene rings is 1. The first-order valence-electron chi connectivity index (χ1n) is 6.42. The number of carbonyl (C=O) groups is 2. The van der Waals surface area contributed by atoms with E-state index >= 15 is 0 Å². The monoisotopic (exact) mass is 339 g/mol. The van der Waals surface area contributed by atoms with Gasteiger partial charge in [0.05, 0.1) is 11.1 Å². The molecule has 0 radical (unpaired) electrons. The highest BCUT2D eigenvalue weighted by molar-refractivity contribution is 9.10. The normalized spacial score (nSPS) is 17.1. The highest BCUT2D eigenvalue weighted by atomic mass is 79.9. The number of imide groups is 1. The van der Waals surface area contributed by atoms with Crippen LogP contribution in [-0.2, 0) is 14.9 Å². The lowest BCUT2D eigenvalue weighted by molar-refractivity contribution is -0.121. The summed E-state index contributed by atoms with van der Waals surface area (Å²) in [6.45, 7) is 8.95. The first-order valence-corrected chi connectivity index (χ1v) is 7.21. The lowest BCUT2D eigenvalue weighted by Gasteiger charge is -2.25. The van der Waals surface area contributed by atoms with Crippen molar-refractivity contribution >= 4 is 33.6 Å². The molecule has 0 aromatic heterocycles. The van der Waals surface area contributed by atoms with E-state index in [1.165, 1.54) is 0 Å². The van der Waals surface area contributed by atoms with Crippen molar-refractivity contribution in [1.29, 1.82) is 0 Å². The summed E-state index contributed by atoms with van der Waals surface area (Å²) in [5.74, 6) is -0.270. The minimum atomic E-state index is -0.740. The number of halogens is 1. The van der Waals surface area contributed by atoms with E-state index in [4.69, 9.17) is 4.74 Å². The molecular weight excluding hydrogens is 322 g/mol. The van der Waals surface area contributed by atoms with E-state index in [2.05, 4.69) is 15.9 Å². The van der Waals surface area contributed by atoms with Crippen molar-refractivity contribution in [2.45, 2.75) is 45.6 Å². The molecule has 0 spiro atoms. The number of anilines is 1. The van der Waals surface area contributed by atoms with Gasteiger partial charge >= 0.3 is 6.09 Å². The van der Waals surface area contributed by atoms with Crippen molar-refractivity contribution in [2.24, 2.45) is 0 Å². The van der Waals surface area contributed by atoms with Crippen LogP contribution in [-0.4, -0.2) is 17.6 Å². The summed E-state index contributed by atoms with van der Waals surface area (Å²) >= 11 is 3.41. The van der Waals surface area contributed by atoms with Gasteiger partial charge in [0.2, 0.25) is 5.91 Å². The molecule has 0 unspecified atom stereocenters. The molecule has 0 bridgehead atoms. The largest absolute Gasteiger partial charge is 0.443 e. The number of amides is 2. The van der Waals surface area contributed by atoms with Gasteiger partial charge in [-0.25, -0.2) is 9.69 Å². The molecule has 0 fully saturated rings. The number of para-hydroxylation sites is 1. The maximum absolute atomic E-state index is 12.6. The van der Waals surface area contributed by atoms with Crippen LogP contribution in [0.4, 0.5) is 10.5 Å². The molecule has 1 heterocycles. The molecule has 0 N–H and O–H groups in total. The SMILES string of the molecule is CC(C)(C)OC(=O)N1C(=O)C(C)(C)c2cccc(Br)c21. The lowest BCUT2D eigenvalue weighted by Crippen LogP contribution is -2.43. The quantitative estimate of drug-likeness (QED) is 0.717. The van der Waals surface area contributed by atoms with Crippen molar-refractivity contribution in [2.75, 3.05) is 4.90 Å². The summed E-state index contributed by atoms with van der Waals surface area (Å²) in [5.41, 5.74) is 0.0149. The van der Waals surface area contributed by atoms with E-state index in [-0.39, 0.29) is 5.91 Å². The van der Waals surface area contributed by atoms with Crippen LogP contribution >= 0.6 is 15.9 Å². The molecule has 0 atom stereocenters. The predicted molar refractivity (Wildman–Crippen MR) is 80.9 cm³/mol. The van der Waals surface area contributed by atoms with Crippen LogP contribution in [0.25, 0.3) is 0 Å². The fraction of sp³-hybridized carbons (Fsp3) is 0.467. The summed E-state index contributed by atoms with van der Waals surface area (Å²) in [7, 11) is 0. The molecule has 108 valence electrons. The lowest BCUT2D eigenvalue weighted by atomic mass is 9.86. The van der Waals surface area contributed by atoms with Crippen LogP contribution in [0.15, 0.2) is 22.7 Å². The fourth-order valence-electron chi connectivity index (χ4n) is 2.22. The number of carbonyl (C=O) groups excluding carboxylic acids is 2. The van der Waals surface area contributed by atoms with E-state index in [1.54, 1.807) is 20.8 Å². The second-order valence-electron chi connectivity index (χ2n) is 6.38. The average Bonchev–Trinajstić information content (AvgIpc) is 2.48. The van der Waals surface area contributed by atoms with Crippen molar-refractivity contribution < 1.29 is 14.3 Å². The van der Waals surface area contributed by atoms with Gasteiger partial charge in [0.1, 0.15) is 5.60 Å². The number of nitrogens with zero attached hydrogens (tertiary/aromatic N) is 1. The second kappa shape index (κ2) is 4.58. The predicted octanol–water partition coefficient (Wildman–Crippen LogP) is 4.01. The Bertz CT molecular complexity index is 587. The number of fused-ring (bicyclic) bond motifs is 1. The first-order chi connectivity index (χ1) is 9.05. The second-order valence-corrected chi connectivity index (χ2v) is 7.24. The molecular formula is C15H18BrNO3. The average molecular weight is 340 g/mol. The van der Waals surface area contributed by atoms with E-state index in [0.717, 1.165) is 10.5 Å². The Hall–Kier alpha value is -1.36. The zero-order chi connectivity index (χ0) is 15.3. The number of hydrogen-bond donors (Lipinski definition) is 0. The molecule has 4 nitrogen and oxygen atoms in total. The fourth-order valence-corrected chi connectivity index (χ4v) is 2.77. The number of hydrogen-bond acceptors (Lipinski definition) is 3. The summed E-state index contributed by atoms with van der Waals surface area (Å²) < 4.78 is 6.05. The Morgan fingerprint density at radius 2 is 1.90 bits per heavy atom. The Kier molecular flexibility index (Phi) is 3.45. The molecule has 1 aromatic rings. The first kappa shape index (κ1) is 15.0. The van der Waals surface area contributed by atoms with Crippen LogP contribution in [0.2, 0.25) is 0 Å². The maximum atomic E-state index is 12.6. The van der Waals surface area contributed by atoms with Gasteiger partial charge in [-0.1, -0.05) is 12.1 Å². The number of rotatable bonds is 0. The van der Waals surface area contributed by atoms with E-state index < -0.39 is 17.1 Å². The van der Waals surface area contributed by atoms with Gasteiger partial charge in [0.25, 0.3) is 0 Å². The molecule has 2 rings (SSSR count). The molecule has 2 amide bonds. The molecule has 20 heavy (non-hydrogen) atoms. The molecule has 0 saturated heterocycles. The summed E-state index contributed by atoms with van der Waals surface area (Å²) in [6, 6.07) is 5.53. The minimum absolute atomic E-state index is 0.270. The zero-order valence-corrected chi connectivity index (χ0v) is 13.9. The molecule has 1 aromatic carbocycles. The molecule has 5 heteroatoms. The van der Waals surface area contributed by atoms with Gasteiger partial charge in [-0.2, -0.15) is 0 Å². The van der Waals surface area contributed by atoms with Gasteiger partial charge in [0.15, 0.2) is 0 Å². The van der Waals surface area contributed by atoms with Crippen LogP contribution in [0.1, 0.15) is 40.2 Å². The van der Waals surface area contributed by atoms with Gasteiger partial charge in [-0.15, -0.1) is 0 Å². The Balaban J connectivity index is 2.52. The highest BCUT2D eigenvalue weighted by Gasteiger charge is 2.48.